The van der Waals surface area contributed by atoms with Crippen molar-refractivity contribution in [2.24, 2.45) is 5.84 Å². The summed E-state index contributed by atoms with van der Waals surface area (Å²) in [7, 11) is -4.96. The Morgan fingerprint density at radius 2 is 2.07 bits per heavy atom. The Balaban J connectivity index is 2.25. The number of carbonyl (C=O) groups is 3. The Morgan fingerprint density at radius 1 is 1.38 bits per heavy atom. The molecule has 6 N–H and O–H groups in total. The van der Waals surface area contributed by atoms with E-state index in [4.69, 9.17) is 11.6 Å². The molecule has 1 heterocycles. The molecule has 0 fully saturated rings. The van der Waals surface area contributed by atoms with E-state index in [0.717, 1.165) is 6.08 Å². The van der Waals surface area contributed by atoms with Gasteiger partial charge in [-0.05, 0) is 24.1 Å². The van der Waals surface area contributed by atoms with E-state index in [-0.39, 0.29) is 27.3 Å². The highest BCUT2D eigenvalue weighted by Crippen LogP contribution is 2.46. The topological polar surface area (TPSA) is 229 Å². The molecule has 2 aliphatic rings. The number of hydrogen-bond acceptors (Lipinski definition) is 12. The van der Waals surface area contributed by atoms with Crippen LogP contribution in [0.2, 0.25) is 0 Å². The normalized spacial score (nSPS) is 18.2. The average Bonchev–Trinajstić information content (AvgIpc) is 2.68. The first-order chi connectivity index (χ1) is 13.6. The van der Waals surface area contributed by atoms with Crippen LogP contribution in [-0.2, 0) is 24.3 Å². The predicted octanol–water partition coefficient (Wildman–Crippen LogP) is -2.06. The van der Waals surface area contributed by atoms with Gasteiger partial charge >= 0.3 is 6.03 Å². The summed E-state index contributed by atoms with van der Waals surface area (Å²) in [5.41, 5.74) is 9.24. The Kier molecular flexibility index (Phi) is 5.50. The minimum Gasteiger partial charge on any atom is -0.744 e. The summed E-state index contributed by atoms with van der Waals surface area (Å²) in [4.78, 5) is 36.3. The van der Waals surface area contributed by atoms with Crippen LogP contribution < -0.4 is 27.7 Å². The standard InChI is InChI=1S/C13H13N5O9S2/c14-10-5-1-4(29(23,24)25)2-6-9(5)7(3-8(10)28-27-26-22)12(20)18(11(6)19)17-13(21)16-15/h1,3,6,22H,2,14-15H2,(H2,16,17,21)(H,23,24,25)/p-2. The van der Waals surface area contributed by atoms with Crippen molar-refractivity contribution in [3.05, 3.63) is 27.7 Å². The Labute approximate surface area is 166 Å². The summed E-state index contributed by atoms with van der Waals surface area (Å²) in [6, 6.07) is 0.0608. The van der Waals surface area contributed by atoms with Crippen molar-refractivity contribution >= 4 is 51.8 Å². The lowest BCUT2D eigenvalue weighted by Gasteiger charge is -2.36. The minimum atomic E-state index is -4.96. The van der Waals surface area contributed by atoms with Crippen LogP contribution in [0.3, 0.4) is 0 Å². The summed E-state index contributed by atoms with van der Waals surface area (Å²) < 4.78 is 38.9. The van der Waals surface area contributed by atoms with Gasteiger partial charge in [-0.25, -0.2) is 24.5 Å². The van der Waals surface area contributed by atoms with Crippen LogP contribution in [0.15, 0.2) is 15.9 Å². The molecule has 0 saturated carbocycles. The number of hydrogen-bond donors (Lipinski definition) is 4. The van der Waals surface area contributed by atoms with Crippen LogP contribution >= 0.6 is 12.0 Å². The van der Waals surface area contributed by atoms with Crippen LogP contribution in [0.4, 0.5) is 10.5 Å². The lowest BCUT2D eigenvalue weighted by atomic mass is 9.79. The zero-order valence-corrected chi connectivity index (χ0v) is 15.7. The monoisotopic (exact) mass is 445 g/mol. The summed E-state index contributed by atoms with van der Waals surface area (Å²) in [5.74, 6) is 1.64. The summed E-state index contributed by atoms with van der Waals surface area (Å²) in [5, 5.41) is 13.7. The fourth-order valence-electron chi connectivity index (χ4n) is 3.06. The molecule has 4 amide bonds. The average molecular weight is 445 g/mol. The van der Waals surface area contributed by atoms with Gasteiger partial charge in [0.1, 0.15) is 10.1 Å². The maximum atomic E-state index is 12.8. The first-order valence-corrected chi connectivity index (χ1v) is 9.66. The van der Waals surface area contributed by atoms with E-state index in [1.54, 1.807) is 5.43 Å². The van der Waals surface area contributed by atoms with Gasteiger partial charge in [-0.15, -0.1) is 0 Å². The summed E-state index contributed by atoms with van der Waals surface area (Å²) in [6.07, 6.45) is 0.401. The smallest absolute Gasteiger partial charge is 0.348 e. The molecule has 0 radical (unpaired) electrons. The predicted molar refractivity (Wildman–Crippen MR) is 90.9 cm³/mol. The van der Waals surface area contributed by atoms with Gasteiger partial charge in [-0.2, -0.15) is 9.34 Å². The number of imide groups is 1. The molecule has 0 bridgehead atoms. The Bertz CT molecular complexity index is 1060. The molecule has 3 rings (SSSR count). The van der Waals surface area contributed by atoms with E-state index in [0.29, 0.717) is 17.1 Å². The Hall–Kier alpha value is -2.73. The number of nitrogens with one attached hydrogen (secondary N) is 2. The van der Waals surface area contributed by atoms with Gasteiger partial charge in [0.2, 0.25) is 0 Å². The van der Waals surface area contributed by atoms with Crippen LogP contribution in [0, 0.1) is 0 Å². The zero-order valence-electron chi connectivity index (χ0n) is 14.0. The molecule has 1 unspecified atom stereocenters. The lowest BCUT2D eigenvalue weighted by Crippen LogP contribution is -2.58. The van der Waals surface area contributed by atoms with Crippen molar-refractivity contribution in [1.82, 2.24) is 15.9 Å². The van der Waals surface area contributed by atoms with Crippen molar-refractivity contribution in [2.45, 2.75) is 17.2 Å². The number of anilines is 1. The fourth-order valence-corrected chi connectivity index (χ4v) is 4.16. The number of allylic oxidation sites excluding steroid dienone is 1. The van der Waals surface area contributed by atoms with Crippen molar-refractivity contribution < 1.29 is 42.0 Å². The first kappa shape index (κ1) is 21.0. The van der Waals surface area contributed by atoms with Crippen molar-refractivity contribution in [3.63, 3.8) is 0 Å². The maximum Gasteiger partial charge on any atom is 0.348 e. The number of nitrogens with zero attached hydrogens (tertiary/aromatic N) is 1. The van der Waals surface area contributed by atoms with E-state index >= 15 is 0 Å². The molecule has 1 aromatic rings. The Morgan fingerprint density at radius 3 is 2.66 bits per heavy atom. The number of carbonyl (C=O) groups excluding carboxylic acids is 3. The quantitative estimate of drug-likeness (QED) is 0.0560. The van der Waals surface area contributed by atoms with Crippen LogP contribution in [0.5, 0.6) is 0 Å². The number of hydrazine groups is 2. The van der Waals surface area contributed by atoms with Crippen molar-refractivity contribution in [2.75, 3.05) is 5.73 Å². The highest BCUT2D eigenvalue weighted by Gasteiger charge is 2.44. The van der Waals surface area contributed by atoms with Gasteiger partial charge in [0.05, 0.1) is 28.5 Å². The number of benzene rings is 1. The highest BCUT2D eigenvalue weighted by molar-refractivity contribution is 7.94. The minimum absolute atomic E-state index is 0.0416. The van der Waals surface area contributed by atoms with Gasteiger partial charge in [0.15, 0.2) is 0 Å². The van der Waals surface area contributed by atoms with E-state index in [1.807, 2.05) is 5.43 Å². The van der Waals surface area contributed by atoms with Gasteiger partial charge in [-0.3, -0.25) is 20.1 Å². The summed E-state index contributed by atoms with van der Waals surface area (Å²) >= 11 is 0.314. The molecule has 0 spiro atoms. The molecule has 0 aromatic heterocycles. The van der Waals surface area contributed by atoms with E-state index in [9.17, 15) is 32.6 Å². The third kappa shape index (κ3) is 3.65. The van der Waals surface area contributed by atoms with Gasteiger partial charge < -0.3 is 15.5 Å². The second kappa shape index (κ2) is 7.59. The number of urea groups is 1. The molecule has 1 aliphatic carbocycles. The third-order valence-electron chi connectivity index (χ3n) is 4.24. The lowest BCUT2D eigenvalue weighted by molar-refractivity contribution is -0.777. The van der Waals surface area contributed by atoms with Crippen LogP contribution in [0.1, 0.15) is 33.8 Å². The molecule has 1 aliphatic heterocycles. The molecule has 14 nitrogen and oxygen atoms in total. The molecular formula is C13H11N5O9S2-2. The second-order valence-corrected chi connectivity index (χ2v) is 7.94. The van der Waals surface area contributed by atoms with E-state index in [2.05, 4.69) is 9.37 Å². The third-order valence-corrected chi connectivity index (χ3v) is 5.81. The number of nitrogens with two attached hydrogens (primary N) is 2. The molecule has 156 valence electrons. The van der Waals surface area contributed by atoms with Crippen LogP contribution in [0.25, 0.3) is 6.08 Å². The molecule has 0 saturated heterocycles. The fraction of sp³-hybridized carbons (Fsp3) is 0.154. The number of amides is 4. The summed E-state index contributed by atoms with van der Waals surface area (Å²) in [6.45, 7) is 0. The van der Waals surface area contributed by atoms with Crippen LogP contribution in [-0.4, -0.2) is 35.8 Å². The number of rotatable bonds is 5. The molecule has 1 aromatic carbocycles. The van der Waals surface area contributed by atoms with Gasteiger partial charge in [0.25, 0.3) is 11.8 Å². The van der Waals surface area contributed by atoms with E-state index in [1.165, 1.54) is 6.07 Å². The first-order valence-electron chi connectivity index (χ1n) is 7.51. The highest BCUT2D eigenvalue weighted by atomic mass is 32.2. The second-order valence-electron chi connectivity index (χ2n) is 5.77. The molecule has 1 atom stereocenters. The number of nitrogen functional groups attached to an aromatic ring is 1. The van der Waals surface area contributed by atoms with Crippen molar-refractivity contribution in [3.8, 4) is 0 Å². The van der Waals surface area contributed by atoms with E-state index < -0.39 is 45.2 Å². The molecular weight excluding hydrogens is 434 g/mol. The van der Waals surface area contributed by atoms with Gasteiger partial charge in [-0.1, -0.05) is 0 Å². The zero-order chi connectivity index (χ0) is 21.5. The van der Waals surface area contributed by atoms with Gasteiger partial charge in [0, 0.05) is 16.0 Å². The maximum absolute atomic E-state index is 12.8. The molecule has 29 heavy (non-hydrogen) atoms. The SMILES string of the molecule is NNC(=O)NN1C(=O)c2cc(SOO[O-])c(N)c3c2C(CC(S(=O)(=O)[O-])=C3)C1=O. The molecule has 16 heteroatoms. The van der Waals surface area contributed by atoms with Crippen molar-refractivity contribution in [1.29, 1.82) is 0 Å². The largest absolute Gasteiger partial charge is 0.744 e.